The van der Waals surface area contributed by atoms with Crippen LogP contribution in [0, 0.1) is 0 Å². The predicted molar refractivity (Wildman–Crippen MR) is 169 cm³/mol. The van der Waals surface area contributed by atoms with Gasteiger partial charge in [-0.3, -0.25) is 14.6 Å². The molecule has 0 fully saturated rings. The van der Waals surface area contributed by atoms with E-state index < -0.39 is 0 Å². The van der Waals surface area contributed by atoms with E-state index in [2.05, 4.69) is 24.9 Å². The number of rotatable bonds is 21. The van der Waals surface area contributed by atoms with Crippen molar-refractivity contribution in [2.45, 2.75) is 117 Å². The van der Waals surface area contributed by atoms with E-state index in [1.165, 1.54) is 56.9 Å². The van der Waals surface area contributed by atoms with E-state index in [0.717, 1.165) is 65.0 Å². The molecule has 0 bridgehead atoms. The second-order valence-electron chi connectivity index (χ2n) is 10.9. The van der Waals surface area contributed by atoms with Gasteiger partial charge in [-0.2, -0.15) is 0 Å². The Morgan fingerprint density at radius 3 is 2.14 bits per heavy atom. The maximum absolute atomic E-state index is 12.5. The van der Waals surface area contributed by atoms with Crippen molar-refractivity contribution >= 4 is 17.3 Å². The molecule has 1 N–H and O–H groups in total. The van der Waals surface area contributed by atoms with Crippen molar-refractivity contribution in [3.8, 4) is 11.6 Å². The number of hydrogen-bond acceptors (Lipinski definition) is 7. The standard InChI is InChI=1S/C34H48N2O5S/c1-3-5-6-7-8-9-10-11-12-13-14-15-32(37)41-26-36-33(38)31(42-34(36)39)24-28-17-20-30(21-18-28)40-23-22-29-19-16-27(4-2)25-35-29/h16-21,25,38H,3-15,22-24,26H2,1-2H3. The van der Waals surface area contributed by atoms with Crippen LogP contribution >= 0.6 is 11.3 Å². The number of hydrogen-bond donors (Lipinski definition) is 1. The smallest absolute Gasteiger partial charge is 0.313 e. The van der Waals surface area contributed by atoms with Crippen LogP contribution in [0.5, 0.6) is 11.6 Å². The number of aryl methyl sites for hydroxylation is 1. The van der Waals surface area contributed by atoms with Gasteiger partial charge < -0.3 is 14.6 Å². The third kappa shape index (κ3) is 12.0. The molecule has 7 nitrogen and oxygen atoms in total. The quantitative estimate of drug-likeness (QED) is 0.0990. The first-order chi connectivity index (χ1) is 20.5. The van der Waals surface area contributed by atoms with E-state index in [-0.39, 0.29) is 23.5 Å². The number of carbonyl (C=O) groups excluding carboxylic acids is 1. The average Bonchev–Trinajstić information content (AvgIpc) is 3.27. The van der Waals surface area contributed by atoms with Crippen LogP contribution in [-0.2, 0) is 35.5 Å². The third-order valence-corrected chi connectivity index (χ3v) is 8.45. The van der Waals surface area contributed by atoms with E-state index in [9.17, 15) is 14.7 Å². The van der Waals surface area contributed by atoms with Crippen LogP contribution in [0.4, 0.5) is 0 Å². The molecule has 8 heteroatoms. The first-order valence-corrected chi connectivity index (χ1v) is 16.5. The van der Waals surface area contributed by atoms with Gasteiger partial charge >= 0.3 is 10.8 Å². The Kier molecular flexibility index (Phi) is 15.2. The lowest BCUT2D eigenvalue weighted by Gasteiger charge is -2.08. The fourth-order valence-corrected chi connectivity index (χ4v) is 5.69. The molecule has 0 atom stereocenters. The zero-order valence-electron chi connectivity index (χ0n) is 25.4. The Bertz CT molecular complexity index is 1230. The van der Waals surface area contributed by atoms with E-state index in [1.807, 2.05) is 36.5 Å². The third-order valence-electron chi connectivity index (χ3n) is 7.48. The van der Waals surface area contributed by atoms with Crippen molar-refractivity contribution < 1.29 is 19.4 Å². The first-order valence-electron chi connectivity index (χ1n) is 15.7. The van der Waals surface area contributed by atoms with Gasteiger partial charge in [-0.05, 0) is 42.2 Å². The molecule has 2 heterocycles. The van der Waals surface area contributed by atoms with Gasteiger partial charge in [0.2, 0.25) is 5.88 Å². The molecule has 0 saturated heterocycles. The SMILES string of the molecule is CCCCCCCCCCCCCC(=O)OCn1c(O)c(Cc2ccc(OCCc3ccc(CC)cn3)cc2)sc1=O. The highest BCUT2D eigenvalue weighted by Crippen LogP contribution is 2.25. The van der Waals surface area contributed by atoms with Crippen molar-refractivity contribution in [3.63, 3.8) is 0 Å². The number of ether oxygens (including phenoxy) is 2. The highest BCUT2D eigenvalue weighted by Gasteiger charge is 2.16. The van der Waals surface area contributed by atoms with Gasteiger partial charge in [0.15, 0.2) is 6.73 Å². The number of aromatic nitrogens is 2. The normalized spacial score (nSPS) is 11.1. The Morgan fingerprint density at radius 1 is 0.881 bits per heavy atom. The van der Waals surface area contributed by atoms with Crippen molar-refractivity contribution in [2.75, 3.05) is 6.61 Å². The molecule has 42 heavy (non-hydrogen) atoms. The molecule has 3 aromatic rings. The van der Waals surface area contributed by atoms with Crippen molar-refractivity contribution in [1.82, 2.24) is 9.55 Å². The molecule has 0 aliphatic carbocycles. The average molecular weight is 597 g/mol. The van der Waals surface area contributed by atoms with Crippen molar-refractivity contribution in [3.05, 3.63) is 74.0 Å². The van der Waals surface area contributed by atoms with Crippen LogP contribution in [0.2, 0.25) is 0 Å². The minimum atomic E-state index is -0.342. The second kappa shape index (κ2) is 19.1. The van der Waals surface area contributed by atoms with Crippen molar-refractivity contribution in [2.24, 2.45) is 0 Å². The lowest BCUT2D eigenvalue weighted by molar-refractivity contribution is -0.147. The topological polar surface area (TPSA) is 90.7 Å². The number of nitrogens with zero attached hydrogens (tertiary/aromatic N) is 2. The number of aromatic hydroxyl groups is 1. The van der Waals surface area contributed by atoms with E-state index >= 15 is 0 Å². The molecule has 0 aliphatic rings. The van der Waals surface area contributed by atoms with Gasteiger partial charge in [0.1, 0.15) is 5.75 Å². The summed E-state index contributed by atoms with van der Waals surface area (Å²) in [6.45, 7) is 4.62. The Morgan fingerprint density at radius 2 is 1.52 bits per heavy atom. The van der Waals surface area contributed by atoms with Crippen LogP contribution in [-0.4, -0.2) is 27.2 Å². The fraction of sp³-hybridized carbons (Fsp3) is 0.559. The summed E-state index contributed by atoms with van der Waals surface area (Å²) in [6.07, 6.45) is 17.7. The number of thiazole rings is 1. The van der Waals surface area contributed by atoms with Gasteiger partial charge in [-0.25, -0.2) is 4.57 Å². The summed E-state index contributed by atoms with van der Waals surface area (Å²) in [5, 5.41) is 10.6. The fourth-order valence-electron chi connectivity index (χ4n) is 4.79. The highest BCUT2D eigenvalue weighted by molar-refractivity contribution is 7.09. The Balaban J connectivity index is 1.33. The Labute approximate surface area is 254 Å². The number of esters is 1. The molecule has 3 rings (SSSR count). The summed E-state index contributed by atoms with van der Waals surface area (Å²) in [6, 6.07) is 11.7. The molecule has 1 aromatic carbocycles. The molecule has 0 amide bonds. The predicted octanol–water partition coefficient (Wildman–Crippen LogP) is 7.99. The molecular formula is C34H48N2O5S. The summed E-state index contributed by atoms with van der Waals surface area (Å²) in [5.41, 5.74) is 3.16. The van der Waals surface area contributed by atoms with E-state index in [4.69, 9.17) is 9.47 Å². The van der Waals surface area contributed by atoms with Crippen LogP contribution in [0.15, 0.2) is 47.4 Å². The van der Waals surface area contributed by atoms with Crippen LogP contribution in [0.3, 0.4) is 0 Å². The summed E-state index contributed by atoms with van der Waals surface area (Å²) < 4.78 is 12.3. The molecule has 0 aliphatic heterocycles. The second-order valence-corrected chi connectivity index (χ2v) is 12.0. The zero-order chi connectivity index (χ0) is 30.0. The molecule has 0 saturated carbocycles. The molecule has 0 unspecified atom stereocenters. The Hall–Kier alpha value is -3.13. The van der Waals surface area contributed by atoms with Gasteiger partial charge in [-0.15, -0.1) is 0 Å². The zero-order valence-corrected chi connectivity index (χ0v) is 26.3. The number of unbranched alkanes of at least 4 members (excludes halogenated alkanes) is 10. The summed E-state index contributed by atoms with van der Waals surface area (Å²) in [4.78, 5) is 29.3. The van der Waals surface area contributed by atoms with Crippen LogP contribution < -0.4 is 9.61 Å². The number of pyridine rings is 1. The summed E-state index contributed by atoms with van der Waals surface area (Å²) in [7, 11) is 0. The van der Waals surface area contributed by atoms with Gasteiger partial charge in [0, 0.05) is 31.2 Å². The molecule has 230 valence electrons. The summed E-state index contributed by atoms with van der Waals surface area (Å²) >= 11 is 0.970. The largest absolute Gasteiger partial charge is 0.494 e. The maximum Gasteiger partial charge on any atom is 0.313 e. The van der Waals surface area contributed by atoms with Gasteiger partial charge in [0.25, 0.3) is 0 Å². The van der Waals surface area contributed by atoms with Gasteiger partial charge in [0.05, 0.1) is 11.5 Å². The number of carbonyl (C=O) groups is 1. The van der Waals surface area contributed by atoms with Crippen LogP contribution in [0.25, 0.3) is 0 Å². The number of benzene rings is 1. The first kappa shape index (κ1) is 33.4. The van der Waals surface area contributed by atoms with E-state index in [0.29, 0.717) is 24.3 Å². The molecule has 0 radical (unpaired) electrons. The monoisotopic (exact) mass is 596 g/mol. The lowest BCUT2D eigenvalue weighted by Crippen LogP contribution is -2.17. The van der Waals surface area contributed by atoms with Gasteiger partial charge in [-0.1, -0.05) is 108 Å². The molecular weight excluding hydrogens is 548 g/mol. The van der Waals surface area contributed by atoms with Crippen LogP contribution in [0.1, 0.15) is 113 Å². The van der Waals surface area contributed by atoms with E-state index in [1.54, 1.807) is 0 Å². The molecule has 0 spiro atoms. The highest BCUT2D eigenvalue weighted by atomic mass is 32.1. The van der Waals surface area contributed by atoms with Crippen molar-refractivity contribution in [1.29, 1.82) is 0 Å². The minimum Gasteiger partial charge on any atom is -0.494 e. The molecule has 2 aromatic heterocycles. The maximum atomic E-state index is 12.5. The summed E-state index contributed by atoms with van der Waals surface area (Å²) in [5.74, 6) is 0.271. The lowest BCUT2D eigenvalue weighted by atomic mass is 10.1. The minimum absolute atomic E-state index is 0.144.